The first-order valence-corrected chi connectivity index (χ1v) is 11.4. The molecule has 2 aromatic carbocycles. The lowest BCUT2D eigenvalue weighted by Gasteiger charge is -2.22. The van der Waals surface area contributed by atoms with E-state index < -0.39 is 5.92 Å². The van der Waals surface area contributed by atoms with Gasteiger partial charge >= 0.3 is 0 Å². The number of para-hydroxylation sites is 1. The van der Waals surface area contributed by atoms with Crippen molar-refractivity contribution in [3.8, 4) is 17.2 Å². The molecular formula is C26H28N4O4. The summed E-state index contributed by atoms with van der Waals surface area (Å²) in [5, 5.41) is 4.74. The molecule has 2 aliphatic rings. The summed E-state index contributed by atoms with van der Waals surface area (Å²) in [5.74, 6) is 0.785. The molecule has 5 rings (SSSR count). The Kier molecular flexibility index (Phi) is 5.51. The van der Waals surface area contributed by atoms with E-state index in [1.807, 2.05) is 42.8 Å². The summed E-state index contributed by atoms with van der Waals surface area (Å²) < 4.78 is 12.7. The van der Waals surface area contributed by atoms with Crippen LogP contribution in [0.5, 0.6) is 11.5 Å². The second-order valence-electron chi connectivity index (χ2n) is 8.98. The van der Waals surface area contributed by atoms with E-state index in [9.17, 15) is 9.59 Å². The molecular weight excluding hydrogens is 432 g/mol. The van der Waals surface area contributed by atoms with Crippen LogP contribution in [-0.4, -0.2) is 46.9 Å². The molecule has 1 fully saturated rings. The van der Waals surface area contributed by atoms with Crippen molar-refractivity contribution in [3.63, 3.8) is 0 Å². The SMILES string of the molecule is Cc1ccccc1-n1nc(C)c(CN(C)C(=O)C2CC(=O)N(c3ccc4c(c3)OCO4)C2)c1C. The first-order valence-electron chi connectivity index (χ1n) is 11.4. The molecule has 0 radical (unpaired) electrons. The number of anilines is 1. The number of benzene rings is 2. The molecule has 34 heavy (non-hydrogen) atoms. The van der Waals surface area contributed by atoms with E-state index in [1.54, 1.807) is 29.0 Å². The van der Waals surface area contributed by atoms with Crippen molar-refractivity contribution < 1.29 is 19.1 Å². The molecule has 2 aliphatic heterocycles. The minimum absolute atomic E-state index is 0.0426. The second-order valence-corrected chi connectivity index (χ2v) is 8.98. The second kappa shape index (κ2) is 8.52. The Bertz CT molecular complexity index is 1280. The largest absolute Gasteiger partial charge is 0.454 e. The van der Waals surface area contributed by atoms with Crippen LogP contribution in [0.25, 0.3) is 5.69 Å². The predicted molar refractivity (Wildman–Crippen MR) is 127 cm³/mol. The molecule has 1 unspecified atom stereocenters. The van der Waals surface area contributed by atoms with Crippen LogP contribution in [0.3, 0.4) is 0 Å². The van der Waals surface area contributed by atoms with Crippen LogP contribution >= 0.6 is 0 Å². The van der Waals surface area contributed by atoms with Crippen LogP contribution in [0.2, 0.25) is 0 Å². The molecule has 0 bridgehead atoms. The summed E-state index contributed by atoms with van der Waals surface area (Å²) in [7, 11) is 1.79. The van der Waals surface area contributed by atoms with Gasteiger partial charge in [0.2, 0.25) is 18.6 Å². The average Bonchev–Trinajstić information content (AvgIpc) is 3.52. The van der Waals surface area contributed by atoms with Gasteiger partial charge in [-0.1, -0.05) is 18.2 Å². The van der Waals surface area contributed by atoms with E-state index in [0.29, 0.717) is 24.6 Å². The number of fused-ring (bicyclic) bond motifs is 1. The summed E-state index contributed by atoms with van der Waals surface area (Å²) in [6.07, 6.45) is 0.193. The number of amides is 2. The fraction of sp³-hybridized carbons (Fsp3) is 0.346. The van der Waals surface area contributed by atoms with Gasteiger partial charge in [0.25, 0.3) is 0 Å². The van der Waals surface area contributed by atoms with Gasteiger partial charge in [0.15, 0.2) is 11.5 Å². The topological polar surface area (TPSA) is 76.9 Å². The fourth-order valence-corrected chi connectivity index (χ4v) is 4.74. The Hall–Kier alpha value is -3.81. The van der Waals surface area contributed by atoms with Gasteiger partial charge in [-0.25, -0.2) is 4.68 Å². The lowest BCUT2D eigenvalue weighted by atomic mass is 10.1. The highest BCUT2D eigenvalue weighted by atomic mass is 16.7. The highest BCUT2D eigenvalue weighted by Gasteiger charge is 2.37. The zero-order valence-corrected chi connectivity index (χ0v) is 19.9. The Morgan fingerprint density at radius 1 is 1.12 bits per heavy atom. The number of carbonyl (C=O) groups is 2. The Morgan fingerprint density at radius 3 is 2.68 bits per heavy atom. The van der Waals surface area contributed by atoms with Crippen molar-refractivity contribution in [2.45, 2.75) is 33.7 Å². The number of hydrogen-bond donors (Lipinski definition) is 0. The highest BCUT2D eigenvalue weighted by Crippen LogP contribution is 2.37. The summed E-state index contributed by atoms with van der Waals surface area (Å²) in [4.78, 5) is 29.4. The number of aromatic nitrogens is 2. The number of rotatable bonds is 5. The maximum absolute atomic E-state index is 13.3. The van der Waals surface area contributed by atoms with E-state index >= 15 is 0 Å². The van der Waals surface area contributed by atoms with Gasteiger partial charge in [-0.05, 0) is 44.5 Å². The van der Waals surface area contributed by atoms with Gasteiger partial charge in [0.1, 0.15) is 0 Å². The van der Waals surface area contributed by atoms with Crippen LogP contribution in [0.4, 0.5) is 5.69 Å². The maximum Gasteiger partial charge on any atom is 0.231 e. The summed E-state index contributed by atoms with van der Waals surface area (Å²) in [6, 6.07) is 13.5. The molecule has 1 atom stereocenters. The van der Waals surface area contributed by atoms with E-state index in [4.69, 9.17) is 14.6 Å². The van der Waals surface area contributed by atoms with E-state index in [1.165, 1.54) is 0 Å². The summed E-state index contributed by atoms with van der Waals surface area (Å²) >= 11 is 0. The number of nitrogens with zero attached hydrogens (tertiary/aromatic N) is 4. The van der Waals surface area contributed by atoms with Crippen LogP contribution in [0, 0.1) is 26.7 Å². The van der Waals surface area contributed by atoms with E-state index in [-0.39, 0.29) is 25.0 Å². The quantitative estimate of drug-likeness (QED) is 0.582. The lowest BCUT2D eigenvalue weighted by molar-refractivity contribution is -0.135. The third-order valence-corrected chi connectivity index (χ3v) is 6.70. The Balaban J connectivity index is 1.31. The highest BCUT2D eigenvalue weighted by molar-refractivity contribution is 6.00. The molecule has 0 aliphatic carbocycles. The number of ether oxygens (including phenoxy) is 2. The molecule has 8 nitrogen and oxygen atoms in total. The maximum atomic E-state index is 13.3. The molecule has 0 N–H and O–H groups in total. The van der Waals surface area contributed by atoms with Gasteiger partial charge in [-0.3, -0.25) is 9.59 Å². The van der Waals surface area contributed by atoms with Gasteiger partial charge in [0, 0.05) is 49.6 Å². The lowest BCUT2D eigenvalue weighted by Crippen LogP contribution is -2.34. The van der Waals surface area contributed by atoms with Crippen LogP contribution < -0.4 is 14.4 Å². The Morgan fingerprint density at radius 2 is 1.88 bits per heavy atom. The van der Waals surface area contributed by atoms with Crippen molar-refractivity contribution in [2.24, 2.45) is 5.92 Å². The van der Waals surface area contributed by atoms with Crippen LogP contribution in [0.15, 0.2) is 42.5 Å². The van der Waals surface area contributed by atoms with E-state index in [2.05, 4.69) is 13.0 Å². The third-order valence-electron chi connectivity index (χ3n) is 6.70. The average molecular weight is 461 g/mol. The monoisotopic (exact) mass is 460 g/mol. The molecule has 0 spiro atoms. The van der Waals surface area contributed by atoms with Crippen molar-refractivity contribution >= 4 is 17.5 Å². The zero-order valence-electron chi connectivity index (χ0n) is 19.9. The fourth-order valence-electron chi connectivity index (χ4n) is 4.74. The van der Waals surface area contributed by atoms with Gasteiger partial charge in [0.05, 0.1) is 17.3 Å². The van der Waals surface area contributed by atoms with Gasteiger partial charge in [-0.2, -0.15) is 5.10 Å². The van der Waals surface area contributed by atoms with Gasteiger partial charge in [-0.15, -0.1) is 0 Å². The molecule has 1 saturated heterocycles. The Labute approximate surface area is 198 Å². The standard InChI is InChI=1S/C26H28N4O4/c1-16-7-5-6-8-22(16)30-18(3)21(17(2)27-30)14-28(4)26(32)19-11-25(31)29(13-19)20-9-10-23-24(12-20)34-15-33-23/h5-10,12,19H,11,13-15H2,1-4H3. The molecule has 1 aromatic heterocycles. The molecule has 3 aromatic rings. The zero-order chi connectivity index (χ0) is 24.0. The van der Waals surface area contributed by atoms with E-state index in [0.717, 1.165) is 33.9 Å². The first-order chi connectivity index (χ1) is 16.3. The normalized spacial score (nSPS) is 16.9. The van der Waals surface area contributed by atoms with Crippen molar-refractivity contribution in [2.75, 3.05) is 25.3 Å². The molecule has 176 valence electrons. The molecule has 0 saturated carbocycles. The number of carbonyl (C=O) groups excluding carboxylic acids is 2. The van der Waals surface area contributed by atoms with Crippen molar-refractivity contribution in [1.29, 1.82) is 0 Å². The first kappa shape index (κ1) is 22.0. The van der Waals surface area contributed by atoms with Crippen molar-refractivity contribution in [3.05, 3.63) is 65.0 Å². The minimum Gasteiger partial charge on any atom is -0.454 e. The van der Waals surface area contributed by atoms with Crippen molar-refractivity contribution in [1.82, 2.24) is 14.7 Å². The third kappa shape index (κ3) is 3.79. The summed E-state index contributed by atoms with van der Waals surface area (Å²) in [6.45, 7) is 7.03. The number of aryl methyl sites for hydroxylation is 2. The summed E-state index contributed by atoms with van der Waals surface area (Å²) in [5.41, 5.74) is 5.82. The molecule has 8 heteroatoms. The predicted octanol–water partition coefficient (Wildman–Crippen LogP) is 3.54. The van der Waals surface area contributed by atoms with Gasteiger partial charge < -0.3 is 19.3 Å². The minimum atomic E-state index is -0.394. The molecule has 3 heterocycles. The number of hydrogen-bond acceptors (Lipinski definition) is 5. The molecule has 2 amide bonds. The smallest absolute Gasteiger partial charge is 0.231 e. The van der Waals surface area contributed by atoms with Crippen LogP contribution in [0.1, 0.15) is 28.9 Å². The van der Waals surface area contributed by atoms with Crippen LogP contribution in [-0.2, 0) is 16.1 Å².